The van der Waals surface area contributed by atoms with Crippen molar-refractivity contribution in [2.75, 3.05) is 5.32 Å². The van der Waals surface area contributed by atoms with Crippen LogP contribution in [0.2, 0.25) is 0 Å². The van der Waals surface area contributed by atoms with E-state index in [-0.39, 0.29) is 5.91 Å². The summed E-state index contributed by atoms with van der Waals surface area (Å²) in [4.78, 5) is 12.0. The highest BCUT2D eigenvalue weighted by atomic mass is 79.9. The van der Waals surface area contributed by atoms with Crippen LogP contribution in [0.3, 0.4) is 0 Å². The lowest BCUT2D eigenvalue weighted by molar-refractivity contribution is -0.110. The van der Waals surface area contributed by atoms with E-state index in [1.807, 2.05) is 54.6 Å². The van der Waals surface area contributed by atoms with Gasteiger partial charge >= 0.3 is 0 Å². The molecule has 88 valence electrons. The lowest BCUT2D eigenvalue weighted by Crippen LogP contribution is -2.03. The number of anilines is 1. The summed E-state index contributed by atoms with van der Waals surface area (Å²) in [7, 11) is 0. The molecule has 0 radical (unpaired) electrons. The van der Waals surface area contributed by atoms with Crippen molar-refractivity contribution in [1.82, 2.24) is 0 Å². The van der Waals surface area contributed by atoms with Crippen LogP contribution < -0.4 is 5.32 Å². The molecule has 3 rings (SSSR count). The van der Waals surface area contributed by atoms with Crippen LogP contribution in [0.15, 0.2) is 53.0 Å². The van der Waals surface area contributed by atoms with E-state index in [0.717, 1.165) is 21.3 Å². The maximum absolute atomic E-state index is 12.0. The lowest BCUT2D eigenvalue weighted by Gasteiger charge is -1.99. The molecule has 0 atom stereocenters. The molecular weight excluding hydrogens is 290 g/mol. The van der Waals surface area contributed by atoms with Gasteiger partial charge in [0, 0.05) is 21.3 Å². The first-order valence-electron chi connectivity index (χ1n) is 5.62. The Morgan fingerprint density at radius 2 is 1.83 bits per heavy atom. The average Bonchev–Trinajstić information content (AvgIpc) is 2.67. The van der Waals surface area contributed by atoms with Crippen LogP contribution in [0, 0.1) is 0 Å². The van der Waals surface area contributed by atoms with Crippen molar-refractivity contribution >= 4 is 39.2 Å². The van der Waals surface area contributed by atoms with E-state index in [9.17, 15) is 4.79 Å². The van der Waals surface area contributed by atoms with E-state index in [4.69, 9.17) is 0 Å². The summed E-state index contributed by atoms with van der Waals surface area (Å²) < 4.78 is 0.969. The van der Waals surface area contributed by atoms with E-state index < -0.39 is 0 Å². The molecule has 0 fully saturated rings. The van der Waals surface area contributed by atoms with E-state index in [1.165, 1.54) is 0 Å². The largest absolute Gasteiger partial charge is 0.321 e. The fraction of sp³-hybridized carbons (Fsp3) is 0. The summed E-state index contributed by atoms with van der Waals surface area (Å²) in [6, 6.07) is 15.6. The van der Waals surface area contributed by atoms with Crippen LogP contribution in [0.1, 0.15) is 11.1 Å². The van der Waals surface area contributed by atoms with Gasteiger partial charge in [-0.3, -0.25) is 4.79 Å². The van der Waals surface area contributed by atoms with Gasteiger partial charge in [-0.25, -0.2) is 0 Å². The SMILES string of the molecule is O=C1Nc2ccc(Br)cc2C1=Cc1ccccc1. The summed E-state index contributed by atoms with van der Waals surface area (Å²) in [6.07, 6.45) is 1.91. The molecule has 0 aliphatic carbocycles. The third kappa shape index (κ3) is 1.97. The molecule has 1 N–H and O–H groups in total. The molecule has 1 heterocycles. The van der Waals surface area contributed by atoms with Crippen molar-refractivity contribution < 1.29 is 4.79 Å². The maximum atomic E-state index is 12.0. The number of nitrogens with one attached hydrogen (secondary N) is 1. The predicted molar refractivity (Wildman–Crippen MR) is 77.1 cm³/mol. The number of rotatable bonds is 1. The lowest BCUT2D eigenvalue weighted by atomic mass is 10.0. The van der Waals surface area contributed by atoms with Crippen LogP contribution in [-0.4, -0.2) is 5.91 Å². The fourth-order valence-electron chi connectivity index (χ4n) is 2.02. The molecule has 2 aromatic carbocycles. The summed E-state index contributed by atoms with van der Waals surface area (Å²) in [6.45, 7) is 0. The van der Waals surface area contributed by atoms with E-state index in [2.05, 4.69) is 21.2 Å². The summed E-state index contributed by atoms with van der Waals surface area (Å²) in [5.74, 6) is -0.0491. The Morgan fingerprint density at radius 1 is 1.06 bits per heavy atom. The molecular formula is C15H10BrNO. The third-order valence-corrected chi connectivity index (χ3v) is 3.37. The number of hydrogen-bond acceptors (Lipinski definition) is 1. The van der Waals surface area contributed by atoms with Crippen molar-refractivity contribution in [3.63, 3.8) is 0 Å². The van der Waals surface area contributed by atoms with Crippen LogP contribution in [0.4, 0.5) is 5.69 Å². The smallest absolute Gasteiger partial charge is 0.256 e. The zero-order valence-electron chi connectivity index (χ0n) is 9.48. The van der Waals surface area contributed by atoms with Gasteiger partial charge in [0.15, 0.2) is 0 Å². The molecule has 1 amide bonds. The second-order valence-electron chi connectivity index (χ2n) is 4.11. The maximum Gasteiger partial charge on any atom is 0.256 e. The van der Waals surface area contributed by atoms with Crippen molar-refractivity contribution in [2.45, 2.75) is 0 Å². The normalized spacial score (nSPS) is 15.6. The highest BCUT2D eigenvalue weighted by molar-refractivity contribution is 9.10. The molecule has 2 aromatic rings. The van der Waals surface area contributed by atoms with Crippen molar-refractivity contribution in [3.8, 4) is 0 Å². The summed E-state index contributed by atoms with van der Waals surface area (Å²) >= 11 is 3.43. The monoisotopic (exact) mass is 299 g/mol. The first-order valence-corrected chi connectivity index (χ1v) is 6.41. The van der Waals surface area contributed by atoms with Gasteiger partial charge in [0.1, 0.15) is 0 Å². The minimum atomic E-state index is -0.0491. The molecule has 1 aliphatic rings. The standard InChI is InChI=1S/C15H10BrNO/c16-11-6-7-14-12(9-11)13(15(18)17-14)8-10-4-2-1-3-5-10/h1-9H,(H,17,18). The Morgan fingerprint density at radius 3 is 2.61 bits per heavy atom. The molecule has 0 bridgehead atoms. The highest BCUT2D eigenvalue weighted by Crippen LogP contribution is 2.34. The zero-order chi connectivity index (χ0) is 12.5. The molecule has 3 heteroatoms. The quantitative estimate of drug-likeness (QED) is 0.794. The zero-order valence-corrected chi connectivity index (χ0v) is 11.1. The van der Waals surface area contributed by atoms with E-state index in [1.54, 1.807) is 0 Å². The van der Waals surface area contributed by atoms with Gasteiger partial charge in [0.2, 0.25) is 0 Å². The molecule has 18 heavy (non-hydrogen) atoms. The van der Waals surface area contributed by atoms with E-state index in [0.29, 0.717) is 5.57 Å². The molecule has 0 unspecified atom stereocenters. The van der Waals surface area contributed by atoms with Gasteiger partial charge in [-0.15, -0.1) is 0 Å². The number of halogens is 1. The topological polar surface area (TPSA) is 29.1 Å². The van der Waals surface area contributed by atoms with Crippen molar-refractivity contribution in [3.05, 3.63) is 64.1 Å². The van der Waals surface area contributed by atoms with Crippen LogP contribution in [0.25, 0.3) is 11.6 Å². The summed E-state index contributed by atoms with van der Waals surface area (Å²) in [5.41, 5.74) is 3.54. The van der Waals surface area contributed by atoms with Gasteiger partial charge in [-0.1, -0.05) is 46.3 Å². The number of carbonyl (C=O) groups excluding carboxylic acids is 1. The van der Waals surface area contributed by atoms with E-state index >= 15 is 0 Å². The van der Waals surface area contributed by atoms with Crippen LogP contribution in [0.5, 0.6) is 0 Å². The minimum absolute atomic E-state index is 0.0491. The molecule has 0 saturated heterocycles. The van der Waals surface area contributed by atoms with Gasteiger partial charge < -0.3 is 5.32 Å². The second-order valence-corrected chi connectivity index (χ2v) is 5.03. The first-order chi connectivity index (χ1) is 8.74. The van der Waals surface area contributed by atoms with Crippen LogP contribution in [-0.2, 0) is 4.79 Å². The van der Waals surface area contributed by atoms with Crippen molar-refractivity contribution in [2.24, 2.45) is 0 Å². The number of carbonyl (C=O) groups is 1. The van der Waals surface area contributed by atoms with Gasteiger partial charge in [-0.2, -0.15) is 0 Å². The van der Waals surface area contributed by atoms with Crippen LogP contribution >= 0.6 is 15.9 Å². The van der Waals surface area contributed by atoms with Gasteiger partial charge in [0.25, 0.3) is 5.91 Å². The minimum Gasteiger partial charge on any atom is -0.321 e. The molecule has 2 nitrogen and oxygen atoms in total. The number of amides is 1. The second kappa shape index (κ2) is 4.42. The Bertz CT molecular complexity index is 647. The van der Waals surface area contributed by atoms with Crippen molar-refractivity contribution in [1.29, 1.82) is 0 Å². The Labute approximate surface area is 113 Å². The Kier molecular flexibility index (Phi) is 2.76. The Balaban J connectivity index is 2.12. The first kappa shape index (κ1) is 11.2. The number of fused-ring (bicyclic) bond motifs is 1. The number of benzene rings is 2. The third-order valence-electron chi connectivity index (χ3n) is 2.88. The molecule has 0 saturated carbocycles. The molecule has 0 spiro atoms. The van der Waals surface area contributed by atoms with Gasteiger partial charge in [0.05, 0.1) is 0 Å². The average molecular weight is 300 g/mol. The molecule has 1 aliphatic heterocycles. The van der Waals surface area contributed by atoms with Gasteiger partial charge in [-0.05, 0) is 29.8 Å². The molecule has 0 aromatic heterocycles. The Hall–Kier alpha value is -1.87. The number of hydrogen-bond donors (Lipinski definition) is 1. The summed E-state index contributed by atoms with van der Waals surface area (Å²) in [5, 5.41) is 2.87. The fourth-order valence-corrected chi connectivity index (χ4v) is 2.38. The highest BCUT2D eigenvalue weighted by Gasteiger charge is 2.23. The predicted octanol–water partition coefficient (Wildman–Crippen LogP) is 3.94.